The summed E-state index contributed by atoms with van der Waals surface area (Å²) in [5.74, 6) is -1.13. The maximum Gasteiger partial charge on any atom is 0.282 e. The fraction of sp³-hybridized carbons (Fsp3) is 0.417. The van der Waals surface area contributed by atoms with Crippen molar-refractivity contribution in [3.63, 3.8) is 0 Å². The van der Waals surface area contributed by atoms with Crippen LogP contribution in [0.25, 0.3) is 0 Å². The minimum absolute atomic E-state index is 0.198. The Morgan fingerprint density at radius 1 is 1.15 bits per heavy atom. The molecule has 1 aromatic rings. The van der Waals surface area contributed by atoms with E-state index in [2.05, 4.69) is 5.32 Å². The molecule has 1 aliphatic rings. The second-order valence-corrected chi connectivity index (χ2v) is 6.34. The number of hydrogen-bond acceptors (Lipinski definition) is 4. The molecular formula is C12H12Cl3NO3S. The van der Waals surface area contributed by atoms with E-state index in [-0.39, 0.29) is 20.6 Å². The van der Waals surface area contributed by atoms with Gasteiger partial charge in [0.15, 0.2) is 0 Å². The fourth-order valence-electron chi connectivity index (χ4n) is 2.10. The summed E-state index contributed by atoms with van der Waals surface area (Å²) >= 11 is 20.3. The van der Waals surface area contributed by atoms with Gasteiger partial charge in [0.25, 0.3) is 11.8 Å². The second kappa shape index (κ2) is 5.91. The lowest BCUT2D eigenvalue weighted by Gasteiger charge is -2.27. The van der Waals surface area contributed by atoms with Gasteiger partial charge in [0.2, 0.25) is 0 Å². The van der Waals surface area contributed by atoms with E-state index in [0.29, 0.717) is 10.5 Å². The molecule has 0 aromatic heterocycles. The first-order valence-electron chi connectivity index (χ1n) is 5.70. The number of ether oxygens (including phenoxy) is 2. The van der Waals surface area contributed by atoms with Crippen LogP contribution in [0.5, 0.6) is 0 Å². The molecule has 0 radical (unpaired) electrons. The average Bonchev–Trinajstić information content (AvgIpc) is 2.74. The largest absolute Gasteiger partial charge is 0.332 e. The topological polar surface area (TPSA) is 47.6 Å². The average molecular weight is 357 g/mol. The van der Waals surface area contributed by atoms with Crippen molar-refractivity contribution in [2.24, 2.45) is 0 Å². The van der Waals surface area contributed by atoms with Crippen LogP contribution in [-0.2, 0) is 15.4 Å². The minimum atomic E-state index is -1.47. The van der Waals surface area contributed by atoms with Crippen molar-refractivity contribution in [3.05, 3.63) is 26.2 Å². The lowest BCUT2D eigenvalue weighted by atomic mass is 10.1. The molecule has 1 amide bonds. The highest BCUT2D eigenvalue weighted by atomic mass is 35.5. The summed E-state index contributed by atoms with van der Waals surface area (Å²) in [6.45, 7) is 1.95. The van der Waals surface area contributed by atoms with E-state index >= 15 is 0 Å². The summed E-state index contributed by atoms with van der Waals surface area (Å²) in [4.78, 5) is 12.8. The lowest BCUT2D eigenvalue weighted by Crippen LogP contribution is -2.42. The van der Waals surface area contributed by atoms with Crippen LogP contribution in [0.2, 0.25) is 15.1 Å². The maximum atomic E-state index is 12.2. The molecule has 0 bridgehead atoms. The first-order chi connectivity index (χ1) is 9.43. The number of rotatable bonds is 4. The Hall–Kier alpha value is -0.170. The van der Waals surface area contributed by atoms with Crippen molar-refractivity contribution in [1.29, 1.82) is 0 Å². The van der Waals surface area contributed by atoms with E-state index in [4.69, 9.17) is 44.3 Å². The zero-order chi connectivity index (χ0) is 15.1. The van der Waals surface area contributed by atoms with E-state index < -0.39 is 11.8 Å². The molecule has 4 nitrogen and oxygen atoms in total. The van der Waals surface area contributed by atoms with Gasteiger partial charge in [0.1, 0.15) is 0 Å². The molecule has 1 N–H and O–H groups in total. The Bertz CT molecular complexity index is 576. The van der Waals surface area contributed by atoms with Crippen molar-refractivity contribution in [2.75, 3.05) is 20.0 Å². The Morgan fingerprint density at radius 2 is 1.75 bits per heavy atom. The van der Waals surface area contributed by atoms with Gasteiger partial charge in [-0.2, -0.15) is 0 Å². The molecule has 110 valence electrons. The number of amides is 1. The number of methoxy groups -OCH3 is 2. The SMILES string of the molecule is CCSc1c(Cl)c(Cl)c2c(c1Cl)C(=O)NC2(OC)OC. The summed E-state index contributed by atoms with van der Waals surface area (Å²) in [5.41, 5.74) is 0.547. The van der Waals surface area contributed by atoms with Gasteiger partial charge < -0.3 is 9.47 Å². The summed E-state index contributed by atoms with van der Waals surface area (Å²) in [6, 6.07) is 0. The molecule has 20 heavy (non-hydrogen) atoms. The van der Waals surface area contributed by atoms with Gasteiger partial charge in [0.05, 0.1) is 26.2 Å². The summed E-state index contributed by atoms with van der Waals surface area (Å²) in [7, 11) is 2.79. The first-order valence-corrected chi connectivity index (χ1v) is 7.82. The van der Waals surface area contributed by atoms with Crippen molar-refractivity contribution < 1.29 is 14.3 Å². The van der Waals surface area contributed by atoms with Crippen molar-refractivity contribution in [3.8, 4) is 0 Å². The lowest BCUT2D eigenvalue weighted by molar-refractivity contribution is -0.225. The third-order valence-corrected chi connectivity index (χ3v) is 5.42. The third-order valence-electron chi connectivity index (χ3n) is 2.98. The molecule has 2 rings (SSSR count). The van der Waals surface area contributed by atoms with Gasteiger partial charge in [0, 0.05) is 19.1 Å². The predicted octanol–water partition coefficient (Wildman–Crippen LogP) is 3.91. The summed E-state index contributed by atoms with van der Waals surface area (Å²) in [5, 5.41) is 3.34. The third kappa shape index (κ3) is 2.21. The molecule has 0 spiro atoms. The van der Waals surface area contributed by atoms with Crippen LogP contribution >= 0.6 is 46.6 Å². The van der Waals surface area contributed by atoms with Gasteiger partial charge in [-0.25, -0.2) is 0 Å². The highest BCUT2D eigenvalue weighted by molar-refractivity contribution is 7.99. The van der Waals surface area contributed by atoms with Gasteiger partial charge in [-0.1, -0.05) is 41.7 Å². The van der Waals surface area contributed by atoms with Crippen LogP contribution in [-0.4, -0.2) is 25.9 Å². The molecule has 0 saturated heterocycles. The number of nitrogens with one attached hydrogen (secondary N) is 1. The highest BCUT2D eigenvalue weighted by Gasteiger charge is 2.48. The number of thioether (sulfide) groups is 1. The van der Waals surface area contributed by atoms with Crippen LogP contribution in [0.15, 0.2) is 4.90 Å². The minimum Gasteiger partial charge on any atom is -0.332 e. The fourth-order valence-corrected chi connectivity index (χ4v) is 4.05. The Kier molecular flexibility index (Phi) is 4.79. The zero-order valence-corrected chi connectivity index (χ0v) is 14.1. The van der Waals surface area contributed by atoms with E-state index in [1.807, 2.05) is 6.92 Å². The molecule has 8 heteroatoms. The van der Waals surface area contributed by atoms with Crippen molar-refractivity contribution >= 4 is 52.5 Å². The molecule has 1 heterocycles. The van der Waals surface area contributed by atoms with E-state index in [9.17, 15) is 4.79 Å². The molecule has 0 unspecified atom stereocenters. The quantitative estimate of drug-likeness (QED) is 0.505. The molecule has 1 aromatic carbocycles. The summed E-state index contributed by atoms with van der Waals surface area (Å²) in [6.07, 6.45) is 0. The number of hydrogen-bond donors (Lipinski definition) is 1. The Labute approximate surface area is 136 Å². The number of carbonyl (C=O) groups is 1. The summed E-state index contributed by atoms with van der Waals surface area (Å²) < 4.78 is 10.5. The molecule has 1 aliphatic heterocycles. The van der Waals surface area contributed by atoms with Crippen LogP contribution < -0.4 is 5.32 Å². The van der Waals surface area contributed by atoms with E-state index in [0.717, 1.165) is 5.75 Å². The first kappa shape index (κ1) is 16.2. The van der Waals surface area contributed by atoms with Crippen molar-refractivity contribution in [1.82, 2.24) is 5.32 Å². The second-order valence-electron chi connectivity index (χ2n) is 3.93. The molecule has 0 aliphatic carbocycles. The van der Waals surface area contributed by atoms with Crippen molar-refractivity contribution in [2.45, 2.75) is 17.7 Å². The van der Waals surface area contributed by atoms with Crippen LogP contribution in [0.3, 0.4) is 0 Å². The normalized spacial score (nSPS) is 16.2. The standard InChI is InChI=1S/C12H12Cl3NO3S/c1-4-20-10-7(13)5-6(8(14)9(10)15)12(18-2,19-3)16-11(5)17/h4H2,1-3H3,(H,16,17). The van der Waals surface area contributed by atoms with E-state index in [1.165, 1.54) is 26.0 Å². The van der Waals surface area contributed by atoms with Gasteiger partial charge in [-0.15, -0.1) is 11.8 Å². The smallest absolute Gasteiger partial charge is 0.282 e. The number of benzene rings is 1. The van der Waals surface area contributed by atoms with Crippen LogP contribution in [0, 0.1) is 0 Å². The number of carbonyl (C=O) groups excluding carboxylic acids is 1. The molecule has 0 fully saturated rings. The molecule has 0 atom stereocenters. The van der Waals surface area contributed by atoms with Gasteiger partial charge >= 0.3 is 0 Å². The molecule has 0 saturated carbocycles. The highest BCUT2D eigenvalue weighted by Crippen LogP contribution is 2.49. The van der Waals surface area contributed by atoms with Crippen LogP contribution in [0.4, 0.5) is 0 Å². The molecular weight excluding hydrogens is 345 g/mol. The Morgan fingerprint density at radius 3 is 2.25 bits per heavy atom. The Balaban J connectivity index is 2.80. The maximum absolute atomic E-state index is 12.2. The van der Waals surface area contributed by atoms with E-state index in [1.54, 1.807) is 0 Å². The monoisotopic (exact) mass is 355 g/mol. The zero-order valence-electron chi connectivity index (χ0n) is 11.0. The van der Waals surface area contributed by atoms with Gasteiger partial charge in [-0.3, -0.25) is 10.1 Å². The number of halogens is 3. The van der Waals surface area contributed by atoms with Gasteiger partial charge in [-0.05, 0) is 5.75 Å². The number of fused-ring (bicyclic) bond motifs is 1. The van der Waals surface area contributed by atoms with Crippen LogP contribution in [0.1, 0.15) is 22.8 Å². The predicted molar refractivity (Wildman–Crippen MR) is 81.0 cm³/mol.